The van der Waals surface area contributed by atoms with Gasteiger partial charge < -0.3 is 5.73 Å². The zero-order valence-electron chi connectivity index (χ0n) is 10.2. The van der Waals surface area contributed by atoms with Crippen molar-refractivity contribution < 1.29 is 0 Å². The minimum Gasteiger partial charge on any atom is -0.398 e. The van der Waals surface area contributed by atoms with E-state index < -0.39 is 0 Å². The van der Waals surface area contributed by atoms with Gasteiger partial charge in [0.25, 0.3) is 0 Å². The number of thiazole rings is 1. The van der Waals surface area contributed by atoms with E-state index in [4.69, 9.17) is 5.73 Å². The number of benzene rings is 1. The summed E-state index contributed by atoms with van der Waals surface area (Å²) in [4.78, 5) is 5.48. The minimum absolute atomic E-state index is 0.766. The summed E-state index contributed by atoms with van der Waals surface area (Å²) >= 11 is 6.38. The van der Waals surface area contributed by atoms with Crippen molar-refractivity contribution in [1.82, 2.24) is 15.2 Å². The number of nitrogens with zero attached hydrogens (tertiary/aromatic N) is 3. The average molecular weight is 326 g/mol. The Hall–Kier alpha value is -0.830. The van der Waals surface area contributed by atoms with Crippen LogP contribution in [0.3, 0.4) is 0 Å². The first kappa shape index (κ1) is 13.2. The molecule has 0 radical (unpaired) electrons. The number of anilines is 1. The van der Waals surface area contributed by atoms with E-state index in [9.17, 15) is 0 Å². The van der Waals surface area contributed by atoms with Crippen LogP contribution < -0.4 is 5.73 Å². The Morgan fingerprint density at radius 1 is 1.16 bits per heavy atom. The standard InChI is InChI=1S/C11H10N4S4/c1-5-13-7-4-8(6(12)3-9(7)17-5)18-11-15-14-10(16-2)19-11/h3-4H,12H2,1-2H3. The van der Waals surface area contributed by atoms with E-state index in [1.807, 2.05) is 25.3 Å². The number of aryl methyl sites for hydroxylation is 1. The van der Waals surface area contributed by atoms with Gasteiger partial charge >= 0.3 is 0 Å². The van der Waals surface area contributed by atoms with Gasteiger partial charge in [-0.05, 0) is 25.3 Å². The van der Waals surface area contributed by atoms with Crippen molar-refractivity contribution in [2.24, 2.45) is 0 Å². The SMILES string of the molecule is CSc1nnc(Sc2cc3nc(C)sc3cc2N)s1. The fourth-order valence-corrected chi connectivity index (χ4v) is 4.90. The molecule has 1 aromatic carbocycles. The Balaban J connectivity index is 1.97. The van der Waals surface area contributed by atoms with Crippen molar-refractivity contribution >= 4 is 62.1 Å². The quantitative estimate of drug-likeness (QED) is 0.581. The molecule has 8 heteroatoms. The van der Waals surface area contributed by atoms with Crippen molar-refractivity contribution in [2.75, 3.05) is 12.0 Å². The normalized spacial score (nSPS) is 11.3. The van der Waals surface area contributed by atoms with Gasteiger partial charge in [-0.15, -0.1) is 21.5 Å². The number of rotatable bonds is 3. The molecule has 2 N–H and O–H groups in total. The van der Waals surface area contributed by atoms with Crippen LogP contribution in [0.1, 0.15) is 5.01 Å². The van der Waals surface area contributed by atoms with Gasteiger partial charge in [0.1, 0.15) is 0 Å². The van der Waals surface area contributed by atoms with Crippen LogP contribution in [0.2, 0.25) is 0 Å². The number of hydrogen-bond acceptors (Lipinski definition) is 8. The van der Waals surface area contributed by atoms with Gasteiger partial charge in [-0.1, -0.05) is 34.9 Å². The van der Waals surface area contributed by atoms with Crippen LogP contribution in [0.4, 0.5) is 5.69 Å². The summed E-state index contributed by atoms with van der Waals surface area (Å²) in [5.41, 5.74) is 7.85. The fourth-order valence-electron chi connectivity index (χ4n) is 1.59. The van der Waals surface area contributed by atoms with Gasteiger partial charge in [-0.25, -0.2) is 4.98 Å². The molecule has 4 nitrogen and oxygen atoms in total. The van der Waals surface area contributed by atoms with Crippen molar-refractivity contribution in [1.29, 1.82) is 0 Å². The van der Waals surface area contributed by atoms with Crippen LogP contribution in [0.25, 0.3) is 10.2 Å². The number of hydrogen-bond donors (Lipinski definition) is 1. The van der Waals surface area contributed by atoms with Gasteiger partial charge in [-0.2, -0.15) is 0 Å². The molecule has 0 bridgehead atoms. The molecule has 0 aliphatic heterocycles. The van der Waals surface area contributed by atoms with Crippen LogP contribution in [0, 0.1) is 6.92 Å². The Morgan fingerprint density at radius 2 is 1.95 bits per heavy atom. The highest BCUT2D eigenvalue weighted by Gasteiger charge is 2.10. The second-order valence-corrected chi connectivity index (χ2v) is 8.29. The molecule has 0 fully saturated rings. The van der Waals surface area contributed by atoms with Gasteiger partial charge in [0.05, 0.1) is 15.2 Å². The van der Waals surface area contributed by atoms with Crippen LogP contribution in [0.15, 0.2) is 25.7 Å². The maximum Gasteiger partial charge on any atom is 0.179 e. The zero-order valence-corrected chi connectivity index (χ0v) is 13.5. The average Bonchev–Trinajstić information content (AvgIpc) is 2.95. The molecular formula is C11H10N4S4. The first-order chi connectivity index (χ1) is 9.15. The van der Waals surface area contributed by atoms with Gasteiger partial charge in [-0.3, -0.25) is 0 Å². The fraction of sp³-hybridized carbons (Fsp3) is 0.182. The van der Waals surface area contributed by atoms with Crippen molar-refractivity contribution in [3.63, 3.8) is 0 Å². The molecule has 0 saturated carbocycles. The smallest absolute Gasteiger partial charge is 0.179 e. The summed E-state index contributed by atoms with van der Waals surface area (Å²) in [5, 5.41) is 9.28. The molecule has 3 rings (SSSR count). The lowest BCUT2D eigenvalue weighted by atomic mass is 10.3. The second kappa shape index (κ2) is 5.28. The highest BCUT2D eigenvalue weighted by Crippen LogP contribution is 2.38. The number of nitrogen functional groups attached to an aromatic ring is 1. The van der Waals surface area contributed by atoms with Gasteiger partial charge in [0, 0.05) is 10.6 Å². The molecule has 0 aliphatic carbocycles. The summed E-state index contributed by atoms with van der Waals surface area (Å²) in [5.74, 6) is 0. The highest BCUT2D eigenvalue weighted by atomic mass is 32.2. The van der Waals surface area contributed by atoms with E-state index in [2.05, 4.69) is 15.2 Å². The molecule has 0 spiro atoms. The summed E-state index contributed by atoms with van der Waals surface area (Å²) in [6, 6.07) is 4.01. The molecule has 0 aliphatic rings. The first-order valence-electron chi connectivity index (χ1n) is 5.37. The second-order valence-electron chi connectivity index (χ2n) is 3.73. The number of nitrogens with two attached hydrogens (primary N) is 1. The molecule has 2 heterocycles. The van der Waals surface area contributed by atoms with E-state index >= 15 is 0 Å². The first-order valence-corrected chi connectivity index (χ1v) is 9.05. The monoisotopic (exact) mass is 326 g/mol. The van der Waals surface area contributed by atoms with Crippen LogP contribution >= 0.6 is 46.2 Å². The summed E-state index contributed by atoms with van der Waals surface area (Å²) in [6.45, 7) is 2.00. The van der Waals surface area contributed by atoms with Crippen LogP contribution in [0.5, 0.6) is 0 Å². The summed E-state index contributed by atoms with van der Waals surface area (Å²) in [6.07, 6.45) is 1.99. The van der Waals surface area contributed by atoms with Crippen LogP contribution in [-0.2, 0) is 0 Å². The van der Waals surface area contributed by atoms with E-state index in [-0.39, 0.29) is 0 Å². The lowest BCUT2D eigenvalue weighted by Crippen LogP contribution is -1.88. The Kier molecular flexibility index (Phi) is 3.66. The third-order valence-corrected chi connectivity index (χ3v) is 6.34. The third-order valence-electron chi connectivity index (χ3n) is 2.39. The van der Waals surface area contributed by atoms with E-state index in [1.165, 1.54) is 0 Å². The molecule has 19 heavy (non-hydrogen) atoms. The minimum atomic E-state index is 0.766. The lowest BCUT2D eigenvalue weighted by molar-refractivity contribution is 0.956. The molecule has 0 atom stereocenters. The number of thioether (sulfide) groups is 1. The Bertz CT molecular complexity index is 733. The molecule has 0 amide bonds. The van der Waals surface area contributed by atoms with Crippen molar-refractivity contribution in [2.45, 2.75) is 20.5 Å². The zero-order chi connectivity index (χ0) is 13.4. The maximum atomic E-state index is 6.09. The van der Waals surface area contributed by atoms with E-state index in [0.29, 0.717) is 0 Å². The molecule has 3 aromatic rings. The van der Waals surface area contributed by atoms with Crippen molar-refractivity contribution in [3.8, 4) is 0 Å². The maximum absolute atomic E-state index is 6.09. The van der Waals surface area contributed by atoms with Crippen molar-refractivity contribution in [3.05, 3.63) is 17.1 Å². The number of aromatic nitrogens is 3. The molecular weight excluding hydrogens is 316 g/mol. The summed E-state index contributed by atoms with van der Waals surface area (Å²) in [7, 11) is 0. The van der Waals surface area contributed by atoms with Gasteiger partial charge in [0.15, 0.2) is 8.68 Å². The summed E-state index contributed by atoms with van der Waals surface area (Å²) < 4.78 is 3.00. The lowest BCUT2D eigenvalue weighted by Gasteiger charge is -2.02. The predicted octanol–water partition coefficient (Wildman–Crippen LogP) is 3.91. The molecule has 98 valence electrons. The Labute approximate surface area is 126 Å². The highest BCUT2D eigenvalue weighted by molar-refractivity contribution is 8.03. The molecule has 0 unspecified atom stereocenters. The predicted molar refractivity (Wildman–Crippen MR) is 84.6 cm³/mol. The van der Waals surface area contributed by atoms with Crippen LogP contribution in [-0.4, -0.2) is 21.4 Å². The van der Waals surface area contributed by atoms with E-state index in [1.54, 1.807) is 46.2 Å². The third kappa shape index (κ3) is 2.71. The molecule has 0 saturated heterocycles. The largest absolute Gasteiger partial charge is 0.398 e. The van der Waals surface area contributed by atoms with E-state index in [0.717, 1.165) is 34.5 Å². The van der Waals surface area contributed by atoms with Gasteiger partial charge in [0.2, 0.25) is 0 Å². The number of fused-ring (bicyclic) bond motifs is 1. The molecule has 2 aromatic heterocycles. The topological polar surface area (TPSA) is 64.7 Å². The Morgan fingerprint density at radius 3 is 2.68 bits per heavy atom.